The Balaban J connectivity index is 1.59. The average molecular weight is 425 g/mol. The molecule has 0 aromatic rings. The number of amides is 1. The summed E-state index contributed by atoms with van der Waals surface area (Å²) in [5.74, 6) is 2.58. The van der Waals surface area contributed by atoms with Crippen molar-refractivity contribution in [3.8, 4) is 0 Å². The van der Waals surface area contributed by atoms with Crippen molar-refractivity contribution in [2.45, 2.75) is 79.2 Å². The minimum Gasteiger partial charge on any atom is -0.319 e. The number of carbonyl (C=O) groups excluding carboxylic acids is 2. The van der Waals surface area contributed by atoms with Crippen molar-refractivity contribution in [3.05, 3.63) is 35.1 Å². The largest absolute Gasteiger partial charge is 0.319 e. The Labute approximate surface area is 188 Å². The Hall–Kier alpha value is -1.68. The highest BCUT2D eigenvalue weighted by Gasteiger charge is 2.59. The van der Waals surface area contributed by atoms with Gasteiger partial charge in [-0.1, -0.05) is 32.1 Å². The summed E-state index contributed by atoms with van der Waals surface area (Å²) in [7, 11) is 2.10. The molecule has 0 unspecified atom stereocenters. The maximum absolute atomic E-state index is 13.4. The first-order valence-electron chi connectivity index (χ1n) is 12.2. The summed E-state index contributed by atoms with van der Waals surface area (Å²) in [6, 6.07) is 0.558. The van der Waals surface area contributed by atoms with Gasteiger partial charge < -0.3 is 10.6 Å². The van der Waals surface area contributed by atoms with Crippen LogP contribution in [0.1, 0.15) is 73.1 Å². The Morgan fingerprint density at radius 2 is 1.94 bits per heavy atom. The SMILES string of the molecule is C/C=C(\C)C(=O)NC1=CC[C@@]2(C)C(=CC[C@H]3[C@@H]4CC[C@H]([C@H](C)NC)[C@@]4(C)CC[C@@H]32)C1=O. The molecule has 0 heterocycles. The first-order valence-corrected chi connectivity index (χ1v) is 12.2. The van der Waals surface area contributed by atoms with Gasteiger partial charge in [-0.3, -0.25) is 9.59 Å². The number of rotatable bonds is 4. The van der Waals surface area contributed by atoms with E-state index < -0.39 is 0 Å². The number of ketones is 1. The fourth-order valence-electron chi connectivity index (χ4n) is 7.78. The van der Waals surface area contributed by atoms with Crippen LogP contribution >= 0.6 is 0 Å². The van der Waals surface area contributed by atoms with E-state index in [-0.39, 0.29) is 17.1 Å². The van der Waals surface area contributed by atoms with Crippen LogP contribution in [-0.2, 0) is 9.59 Å². The van der Waals surface area contributed by atoms with Gasteiger partial charge in [0, 0.05) is 22.6 Å². The molecule has 4 nitrogen and oxygen atoms in total. The molecule has 31 heavy (non-hydrogen) atoms. The van der Waals surface area contributed by atoms with Gasteiger partial charge in [-0.05, 0) is 95.4 Å². The molecule has 2 saturated carbocycles. The van der Waals surface area contributed by atoms with Gasteiger partial charge in [-0.15, -0.1) is 0 Å². The van der Waals surface area contributed by atoms with E-state index in [0.29, 0.717) is 34.6 Å². The van der Waals surface area contributed by atoms with Gasteiger partial charge in [-0.2, -0.15) is 0 Å². The summed E-state index contributed by atoms with van der Waals surface area (Å²) in [5.41, 5.74) is 2.36. The van der Waals surface area contributed by atoms with Crippen molar-refractivity contribution < 1.29 is 9.59 Å². The fraction of sp³-hybridized carbons (Fsp3) is 0.704. The van der Waals surface area contributed by atoms with Gasteiger partial charge in [0.25, 0.3) is 5.91 Å². The van der Waals surface area contributed by atoms with Crippen LogP contribution in [0.5, 0.6) is 0 Å². The Morgan fingerprint density at radius 1 is 1.19 bits per heavy atom. The van der Waals surface area contributed by atoms with Crippen LogP contribution in [0.2, 0.25) is 0 Å². The van der Waals surface area contributed by atoms with Gasteiger partial charge >= 0.3 is 0 Å². The number of allylic oxidation sites excluding steroid dienone is 4. The van der Waals surface area contributed by atoms with E-state index in [1.165, 1.54) is 25.7 Å². The van der Waals surface area contributed by atoms with Crippen LogP contribution < -0.4 is 10.6 Å². The second-order valence-corrected chi connectivity index (χ2v) is 11.0. The van der Waals surface area contributed by atoms with Gasteiger partial charge in [0.15, 0.2) is 0 Å². The summed E-state index contributed by atoms with van der Waals surface area (Å²) in [4.78, 5) is 25.7. The van der Waals surface area contributed by atoms with E-state index in [2.05, 4.69) is 44.5 Å². The van der Waals surface area contributed by atoms with Crippen molar-refractivity contribution in [1.82, 2.24) is 10.6 Å². The maximum atomic E-state index is 13.4. The van der Waals surface area contributed by atoms with Crippen molar-refractivity contribution in [3.63, 3.8) is 0 Å². The van der Waals surface area contributed by atoms with Gasteiger partial charge in [-0.25, -0.2) is 0 Å². The van der Waals surface area contributed by atoms with Crippen molar-refractivity contribution >= 4 is 11.7 Å². The smallest absolute Gasteiger partial charge is 0.251 e. The molecule has 0 radical (unpaired) electrons. The summed E-state index contributed by atoms with van der Waals surface area (Å²) in [6.07, 6.45) is 13.0. The molecular weight excluding hydrogens is 384 g/mol. The lowest BCUT2D eigenvalue weighted by Gasteiger charge is -2.57. The average Bonchev–Trinajstić information content (AvgIpc) is 3.11. The Bertz CT molecular complexity index is 868. The third-order valence-electron chi connectivity index (χ3n) is 9.86. The van der Waals surface area contributed by atoms with Gasteiger partial charge in [0.1, 0.15) is 0 Å². The minimum absolute atomic E-state index is 0.0332. The zero-order valence-corrected chi connectivity index (χ0v) is 20.2. The van der Waals surface area contributed by atoms with Crippen LogP contribution in [0.4, 0.5) is 0 Å². The molecule has 4 rings (SSSR count). The highest BCUT2D eigenvalue weighted by atomic mass is 16.2. The molecule has 0 saturated heterocycles. The van der Waals surface area contributed by atoms with Crippen LogP contribution in [0, 0.1) is 34.5 Å². The molecule has 2 N–H and O–H groups in total. The van der Waals surface area contributed by atoms with E-state index in [9.17, 15) is 9.59 Å². The Morgan fingerprint density at radius 3 is 2.61 bits per heavy atom. The third-order valence-corrected chi connectivity index (χ3v) is 9.86. The lowest BCUT2D eigenvalue weighted by atomic mass is 9.47. The number of nitrogens with one attached hydrogen (secondary N) is 2. The molecule has 7 atom stereocenters. The van der Waals surface area contributed by atoms with Crippen LogP contribution in [-0.4, -0.2) is 24.8 Å². The fourth-order valence-corrected chi connectivity index (χ4v) is 7.78. The van der Waals surface area contributed by atoms with E-state index >= 15 is 0 Å². The van der Waals surface area contributed by atoms with Crippen molar-refractivity contribution in [2.75, 3.05) is 7.05 Å². The topological polar surface area (TPSA) is 58.2 Å². The molecule has 4 aliphatic carbocycles. The first kappa shape index (κ1) is 22.5. The predicted molar refractivity (Wildman–Crippen MR) is 125 cm³/mol. The molecule has 0 bridgehead atoms. The number of hydrogen-bond donors (Lipinski definition) is 2. The zero-order valence-electron chi connectivity index (χ0n) is 20.2. The highest BCUT2D eigenvalue weighted by Crippen LogP contribution is 2.66. The second kappa shape index (κ2) is 8.03. The van der Waals surface area contributed by atoms with Crippen LogP contribution in [0.15, 0.2) is 35.1 Å². The van der Waals surface area contributed by atoms with Crippen LogP contribution in [0.3, 0.4) is 0 Å². The minimum atomic E-state index is -0.177. The first-order chi connectivity index (χ1) is 14.7. The lowest BCUT2D eigenvalue weighted by Crippen LogP contribution is -2.52. The summed E-state index contributed by atoms with van der Waals surface area (Å²) >= 11 is 0. The van der Waals surface area contributed by atoms with E-state index in [0.717, 1.165) is 30.3 Å². The van der Waals surface area contributed by atoms with E-state index in [4.69, 9.17) is 0 Å². The quantitative estimate of drug-likeness (QED) is 0.629. The van der Waals surface area contributed by atoms with E-state index in [1.807, 2.05) is 13.0 Å². The monoisotopic (exact) mass is 424 g/mol. The molecule has 0 aliphatic heterocycles. The molecule has 170 valence electrons. The van der Waals surface area contributed by atoms with Crippen molar-refractivity contribution in [1.29, 1.82) is 0 Å². The normalized spacial score (nSPS) is 40.8. The molecule has 4 aliphatic rings. The zero-order chi connectivity index (χ0) is 22.6. The lowest BCUT2D eigenvalue weighted by molar-refractivity contribution is -0.121. The molecule has 0 spiro atoms. The number of Topliss-reactive ketones (excluding diaryl/α,β-unsaturated/α-hetero) is 1. The predicted octanol–water partition coefficient (Wildman–Crippen LogP) is 4.93. The standard InChI is InChI=1S/C27H40N2O2/c1-7-16(2)25(31)29-23-13-15-27(5)21-12-14-26(4)19(17(3)28-6)10-11-20(26)18(21)8-9-22(27)24(23)30/h7,9,13,17-21,28H,8,10-12,14-15H2,1-6H3,(H,29,31)/b16-7+/t17-,18-,19+,20-,21-,26+,27+/m0/s1. The van der Waals surface area contributed by atoms with E-state index in [1.54, 1.807) is 13.0 Å². The van der Waals surface area contributed by atoms with Gasteiger partial charge in [0.05, 0.1) is 5.70 Å². The highest BCUT2D eigenvalue weighted by molar-refractivity contribution is 6.13. The summed E-state index contributed by atoms with van der Waals surface area (Å²) in [6.45, 7) is 10.8. The van der Waals surface area contributed by atoms with Gasteiger partial charge in [0.2, 0.25) is 5.78 Å². The molecule has 2 fully saturated rings. The molecular formula is C27H40N2O2. The van der Waals surface area contributed by atoms with Crippen molar-refractivity contribution in [2.24, 2.45) is 34.5 Å². The Kier molecular flexibility index (Phi) is 5.83. The molecule has 0 aromatic heterocycles. The second-order valence-electron chi connectivity index (χ2n) is 11.0. The molecule has 4 heteroatoms. The summed E-state index contributed by atoms with van der Waals surface area (Å²) < 4.78 is 0. The number of hydrogen-bond acceptors (Lipinski definition) is 3. The van der Waals surface area contributed by atoms with Crippen LogP contribution in [0.25, 0.3) is 0 Å². The number of carbonyl (C=O) groups is 2. The number of fused-ring (bicyclic) bond motifs is 5. The maximum Gasteiger partial charge on any atom is 0.251 e. The summed E-state index contributed by atoms with van der Waals surface area (Å²) in [5, 5.41) is 6.39. The third kappa shape index (κ3) is 3.37. The molecule has 1 amide bonds. The molecule has 0 aromatic carbocycles.